The minimum atomic E-state index is -4.37. The Morgan fingerprint density at radius 1 is 1.30 bits per heavy atom. The molecule has 1 rings (SSSR count). The maximum absolute atomic E-state index is 13.0. The van der Waals surface area contributed by atoms with E-state index in [1.807, 2.05) is 13.8 Å². The number of rotatable bonds is 7. The van der Waals surface area contributed by atoms with Gasteiger partial charge in [-0.25, -0.2) is 0 Å². The number of nitrogens with one attached hydrogen (secondary N) is 1. The lowest BCUT2D eigenvalue weighted by Crippen LogP contribution is -2.19. The molecule has 0 aliphatic rings. The summed E-state index contributed by atoms with van der Waals surface area (Å²) < 4.78 is 39.0. The van der Waals surface area contributed by atoms with E-state index in [2.05, 4.69) is 5.32 Å². The third kappa shape index (κ3) is 5.73. The van der Waals surface area contributed by atoms with E-state index in [0.29, 0.717) is 18.0 Å². The average Bonchev–Trinajstić information content (AvgIpc) is 2.35. The maximum atomic E-state index is 13.0. The van der Waals surface area contributed by atoms with Crippen LogP contribution in [0.4, 0.5) is 13.2 Å². The second-order valence-electron chi connectivity index (χ2n) is 4.93. The third-order valence-corrected chi connectivity index (χ3v) is 3.63. The lowest BCUT2D eigenvalue weighted by molar-refractivity contribution is -0.139. The van der Waals surface area contributed by atoms with Crippen LogP contribution >= 0.6 is 11.8 Å². The molecule has 0 unspecified atom stereocenters. The van der Waals surface area contributed by atoms with Gasteiger partial charge in [-0.2, -0.15) is 13.2 Å². The van der Waals surface area contributed by atoms with Gasteiger partial charge in [-0.3, -0.25) is 0 Å². The fraction of sp³-hybridized carbons (Fsp3) is 0.571. The smallest absolute Gasteiger partial charge is 0.396 e. The van der Waals surface area contributed by atoms with Gasteiger partial charge < -0.3 is 10.4 Å². The standard InChI is InChI=1S/C14H20F3NOS/c1-10(2)8-18-9-11-3-4-13(20-6-5-19)12(7-11)14(15,16)17/h3-4,7,10,18-19H,5-6,8-9H2,1-2H3. The van der Waals surface area contributed by atoms with E-state index in [9.17, 15) is 13.2 Å². The maximum Gasteiger partial charge on any atom is 0.417 e. The van der Waals surface area contributed by atoms with Crippen LogP contribution in [0.5, 0.6) is 0 Å². The van der Waals surface area contributed by atoms with Crippen LogP contribution in [0.2, 0.25) is 0 Å². The van der Waals surface area contributed by atoms with Crippen LogP contribution in [0.25, 0.3) is 0 Å². The molecule has 0 bridgehead atoms. The first-order chi connectivity index (χ1) is 9.34. The summed E-state index contributed by atoms with van der Waals surface area (Å²) in [6, 6.07) is 4.37. The molecule has 0 saturated carbocycles. The highest BCUT2D eigenvalue weighted by molar-refractivity contribution is 7.99. The third-order valence-electron chi connectivity index (χ3n) is 2.58. The summed E-state index contributed by atoms with van der Waals surface area (Å²) >= 11 is 1.02. The van der Waals surface area contributed by atoms with Crippen molar-refractivity contribution in [2.24, 2.45) is 5.92 Å². The summed E-state index contributed by atoms with van der Waals surface area (Å²) in [4.78, 5) is 0.166. The summed E-state index contributed by atoms with van der Waals surface area (Å²) in [6.45, 7) is 5.14. The molecule has 2 nitrogen and oxygen atoms in total. The number of benzene rings is 1. The van der Waals surface area contributed by atoms with Gasteiger partial charge in [0.05, 0.1) is 12.2 Å². The SMILES string of the molecule is CC(C)CNCc1ccc(SCCO)c(C(F)(F)F)c1. The molecule has 0 amide bonds. The molecule has 0 aliphatic carbocycles. The van der Waals surface area contributed by atoms with Gasteiger partial charge in [0.2, 0.25) is 0 Å². The second-order valence-corrected chi connectivity index (χ2v) is 6.06. The normalized spacial score (nSPS) is 12.2. The van der Waals surface area contributed by atoms with Crippen LogP contribution in [-0.2, 0) is 12.7 Å². The molecule has 0 fully saturated rings. The summed E-state index contributed by atoms with van der Waals surface area (Å²) in [5.41, 5.74) is -0.00822. The van der Waals surface area contributed by atoms with Gasteiger partial charge in [0, 0.05) is 17.2 Å². The van der Waals surface area contributed by atoms with E-state index in [1.165, 1.54) is 12.1 Å². The predicted molar refractivity (Wildman–Crippen MR) is 75.8 cm³/mol. The molecule has 1 aromatic rings. The van der Waals surface area contributed by atoms with E-state index in [4.69, 9.17) is 5.11 Å². The van der Waals surface area contributed by atoms with E-state index < -0.39 is 11.7 Å². The van der Waals surface area contributed by atoms with Gasteiger partial charge in [-0.05, 0) is 30.2 Å². The zero-order valence-corrected chi connectivity index (χ0v) is 12.4. The second kappa shape index (κ2) is 7.90. The van der Waals surface area contributed by atoms with Gasteiger partial charge >= 0.3 is 6.18 Å². The Labute approximate surface area is 121 Å². The molecule has 2 N–H and O–H groups in total. The number of halogens is 3. The summed E-state index contributed by atoms with van der Waals surface area (Å²) in [5, 5.41) is 11.9. The van der Waals surface area contributed by atoms with Crippen LogP contribution in [0.15, 0.2) is 23.1 Å². The topological polar surface area (TPSA) is 32.3 Å². The van der Waals surface area contributed by atoms with Gasteiger partial charge in [0.1, 0.15) is 0 Å². The van der Waals surface area contributed by atoms with Gasteiger partial charge in [-0.15, -0.1) is 11.8 Å². The van der Waals surface area contributed by atoms with E-state index >= 15 is 0 Å². The van der Waals surface area contributed by atoms with Gasteiger partial charge in [0.15, 0.2) is 0 Å². The molecule has 0 atom stereocenters. The van der Waals surface area contributed by atoms with Crippen molar-refractivity contribution in [2.75, 3.05) is 18.9 Å². The zero-order chi connectivity index (χ0) is 15.2. The summed E-state index contributed by atoms with van der Waals surface area (Å²) in [6.07, 6.45) is -4.37. The Balaban J connectivity index is 2.84. The number of aliphatic hydroxyl groups excluding tert-OH is 1. The number of alkyl halides is 3. The van der Waals surface area contributed by atoms with Crippen LogP contribution in [0.3, 0.4) is 0 Å². The molecular formula is C14H20F3NOS. The van der Waals surface area contributed by atoms with Crippen molar-refractivity contribution in [3.63, 3.8) is 0 Å². The molecule has 0 saturated heterocycles. The van der Waals surface area contributed by atoms with Crippen molar-refractivity contribution in [3.8, 4) is 0 Å². The number of aliphatic hydroxyl groups is 1. The van der Waals surface area contributed by atoms with E-state index in [0.717, 1.165) is 18.3 Å². The summed E-state index contributed by atoms with van der Waals surface area (Å²) in [5.74, 6) is 0.713. The van der Waals surface area contributed by atoms with E-state index in [-0.39, 0.29) is 17.3 Å². The quantitative estimate of drug-likeness (QED) is 0.756. The number of thioether (sulfide) groups is 1. The molecule has 0 heterocycles. The molecule has 20 heavy (non-hydrogen) atoms. The Kier molecular flexibility index (Phi) is 6.85. The highest BCUT2D eigenvalue weighted by Crippen LogP contribution is 2.37. The van der Waals surface area contributed by atoms with Crippen molar-refractivity contribution in [1.82, 2.24) is 5.32 Å². The molecule has 0 radical (unpaired) electrons. The Hall–Kier alpha value is -0.720. The van der Waals surface area contributed by atoms with Crippen LogP contribution < -0.4 is 5.32 Å². The average molecular weight is 307 g/mol. The van der Waals surface area contributed by atoms with Gasteiger partial charge in [-0.1, -0.05) is 19.9 Å². The molecule has 114 valence electrons. The van der Waals surface area contributed by atoms with Crippen LogP contribution in [0, 0.1) is 5.92 Å². The fourth-order valence-electron chi connectivity index (χ4n) is 1.70. The minimum absolute atomic E-state index is 0.139. The van der Waals surface area contributed by atoms with Crippen molar-refractivity contribution in [1.29, 1.82) is 0 Å². The van der Waals surface area contributed by atoms with Crippen molar-refractivity contribution >= 4 is 11.8 Å². The molecule has 1 aromatic carbocycles. The fourth-order valence-corrected chi connectivity index (χ4v) is 2.50. The van der Waals surface area contributed by atoms with Crippen molar-refractivity contribution < 1.29 is 18.3 Å². The first-order valence-corrected chi connectivity index (χ1v) is 7.47. The minimum Gasteiger partial charge on any atom is -0.396 e. The zero-order valence-electron chi connectivity index (χ0n) is 11.6. The van der Waals surface area contributed by atoms with Crippen LogP contribution in [-0.4, -0.2) is 24.0 Å². The largest absolute Gasteiger partial charge is 0.417 e. The van der Waals surface area contributed by atoms with Gasteiger partial charge in [0.25, 0.3) is 0 Å². The molecular weight excluding hydrogens is 287 g/mol. The molecule has 0 spiro atoms. The van der Waals surface area contributed by atoms with Crippen molar-refractivity contribution in [2.45, 2.75) is 31.5 Å². The predicted octanol–water partition coefficient (Wildman–Crippen LogP) is 3.54. The Bertz CT molecular complexity index is 421. The summed E-state index contributed by atoms with van der Waals surface area (Å²) in [7, 11) is 0. The highest BCUT2D eigenvalue weighted by Gasteiger charge is 2.33. The Morgan fingerprint density at radius 2 is 2.00 bits per heavy atom. The molecule has 6 heteroatoms. The van der Waals surface area contributed by atoms with Crippen LogP contribution in [0.1, 0.15) is 25.0 Å². The first kappa shape index (κ1) is 17.3. The highest BCUT2D eigenvalue weighted by atomic mass is 32.2. The lowest BCUT2D eigenvalue weighted by Gasteiger charge is -2.14. The molecule has 0 aliphatic heterocycles. The number of hydrogen-bond donors (Lipinski definition) is 2. The lowest BCUT2D eigenvalue weighted by atomic mass is 10.1. The van der Waals surface area contributed by atoms with Crippen molar-refractivity contribution in [3.05, 3.63) is 29.3 Å². The first-order valence-electron chi connectivity index (χ1n) is 6.49. The molecule has 0 aromatic heterocycles. The monoisotopic (exact) mass is 307 g/mol. The Morgan fingerprint density at radius 3 is 2.55 bits per heavy atom. The number of hydrogen-bond acceptors (Lipinski definition) is 3. The van der Waals surface area contributed by atoms with E-state index in [1.54, 1.807) is 6.07 Å².